The summed E-state index contributed by atoms with van der Waals surface area (Å²) in [5, 5.41) is 0. The van der Waals surface area contributed by atoms with Crippen LogP contribution in [0.15, 0.2) is 60.7 Å². The first-order chi connectivity index (χ1) is 12.0. The van der Waals surface area contributed by atoms with Crippen molar-refractivity contribution < 1.29 is 31.3 Å². The molecule has 0 amide bonds. The van der Waals surface area contributed by atoms with E-state index < -0.39 is 25.5 Å². The SMILES string of the molecule is CC(C)(C)C(OP(=O)(Oc1ccccc1)Oc1ccccc1)C(F)(F)F. The molecule has 142 valence electrons. The van der Waals surface area contributed by atoms with Crippen molar-refractivity contribution in [3.05, 3.63) is 60.7 Å². The van der Waals surface area contributed by atoms with E-state index in [9.17, 15) is 17.7 Å². The molecule has 0 N–H and O–H groups in total. The third-order valence-electron chi connectivity index (χ3n) is 3.24. The Labute approximate surface area is 150 Å². The van der Waals surface area contributed by atoms with Crippen LogP contribution < -0.4 is 9.05 Å². The molecule has 0 spiro atoms. The second-order valence-electron chi connectivity index (χ2n) is 6.65. The number of para-hydroxylation sites is 2. The summed E-state index contributed by atoms with van der Waals surface area (Å²) in [4.78, 5) is 0. The van der Waals surface area contributed by atoms with E-state index in [2.05, 4.69) is 0 Å². The topological polar surface area (TPSA) is 44.8 Å². The highest BCUT2D eigenvalue weighted by Gasteiger charge is 2.53. The second-order valence-corrected chi connectivity index (χ2v) is 8.12. The smallest absolute Gasteiger partial charge is 0.395 e. The van der Waals surface area contributed by atoms with E-state index in [-0.39, 0.29) is 11.5 Å². The highest BCUT2D eigenvalue weighted by molar-refractivity contribution is 7.49. The third-order valence-corrected chi connectivity index (χ3v) is 4.58. The van der Waals surface area contributed by atoms with Crippen LogP contribution in [0.4, 0.5) is 13.2 Å². The van der Waals surface area contributed by atoms with E-state index in [4.69, 9.17) is 13.6 Å². The minimum atomic E-state index is -4.76. The molecule has 2 aromatic rings. The van der Waals surface area contributed by atoms with Crippen LogP contribution in [-0.2, 0) is 9.09 Å². The van der Waals surface area contributed by atoms with Crippen molar-refractivity contribution >= 4 is 7.82 Å². The zero-order valence-corrected chi connectivity index (χ0v) is 15.5. The number of phosphoric acid groups is 1. The van der Waals surface area contributed by atoms with E-state index >= 15 is 0 Å². The summed E-state index contributed by atoms with van der Waals surface area (Å²) in [6.45, 7) is 4.00. The fraction of sp³-hybridized carbons (Fsp3) is 0.333. The van der Waals surface area contributed by atoms with Crippen LogP contribution in [0.1, 0.15) is 20.8 Å². The van der Waals surface area contributed by atoms with Crippen LogP contribution in [0.3, 0.4) is 0 Å². The summed E-state index contributed by atoms with van der Waals surface area (Å²) in [5.41, 5.74) is -1.38. The number of phosphoric ester groups is 1. The lowest BCUT2D eigenvalue weighted by Crippen LogP contribution is -2.42. The molecule has 2 rings (SSSR count). The number of alkyl halides is 3. The lowest BCUT2D eigenvalue weighted by atomic mass is 9.89. The first kappa shape index (κ1) is 20.3. The molecular weight excluding hydrogens is 368 g/mol. The molecule has 0 heterocycles. The molecule has 26 heavy (non-hydrogen) atoms. The fourth-order valence-corrected chi connectivity index (χ4v) is 3.70. The molecule has 0 radical (unpaired) electrons. The van der Waals surface area contributed by atoms with Gasteiger partial charge in [0, 0.05) is 0 Å². The van der Waals surface area contributed by atoms with Gasteiger partial charge in [-0.2, -0.15) is 13.2 Å². The van der Waals surface area contributed by atoms with Crippen molar-refractivity contribution in [2.75, 3.05) is 0 Å². The molecule has 0 aliphatic heterocycles. The van der Waals surface area contributed by atoms with Crippen molar-refractivity contribution in [2.24, 2.45) is 5.41 Å². The maximum absolute atomic E-state index is 13.5. The fourth-order valence-electron chi connectivity index (χ4n) is 2.12. The minimum Gasteiger partial charge on any atom is -0.395 e. The van der Waals surface area contributed by atoms with Gasteiger partial charge in [-0.25, -0.2) is 4.57 Å². The van der Waals surface area contributed by atoms with Gasteiger partial charge in [0.05, 0.1) is 0 Å². The van der Waals surface area contributed by atoms with Gasteiger partial charge in [0.15, 0.2) is 6.10 Å². The maximum Gasteiger partial charge on any atom is 0.588 e. The van der Waals surface area contributed by atoms with E-state index in [0.717, 1.165) is 0 Å². The highest BCUT2D eigenvalue weighted by atomic mass is 31.2. The number of halogens is 3. The second kappa shape index (κ2) is 7.72. The summed E-state index contributed by atoms with van der Waals surface area (Å²) in [6.07, 6.45) is -7.11. The first-order valence-electron chi connectivity index (χ1n) is 7.84. The van der Waals surface area contributed by atoms with Gasteiger partial charge in [-0.3, -0.25) is 4.52 Å². The Balaban J connectivity index is 2.37. The number of hydrogen-bond donors (Lipinski definition) is 0. The third kappa shape index (κ3) is 5.78. The monoisotopic (exact) mass is 388 g/mol. The molecular formula is C18H20F3O4P. The summed E-state index contributed by atoms with van der Waals surface area (Å²) < 4.78 is 68.9. The molecule has 8 heteroatoms. The average molecular weight is 388 g/mol. The molecule has 0 fully saturated rings. The zero-order chi connectivity index (χ0) is 19.4. The van der Waals surface area contributed by atoms with Gasteiger partial charge >= 0.3 is 14.0 Å². The molecule has 0 aliphatic carbocycles. The van der Waals surface area contributed by atoms with Gasteiger partial charge in [0.2, 0.25) is 0 Å². The average Bonchev–Trinajstić information content (AvgIpc) is 2.52. The lowest BCUT2D eigenvalue weighted by Gasteiger charge is -2.33. The molecule has 0 aliphatic rings. The van der Waals surface area contributed by atoms with Crippen LogP contribution in [0.2, 0.25) is 0 Å². The Morgan fingerprint density at radius 3 is 1.50 bits per heavy atom. The molecule has 0 bridgehead atoms. The van der Waals surface area contributed by atoms with Crippen molar-refractivity contribution in [3.63, 3.8) is 0 Å². The number of hydrogen-bond acceptors (Lipinski definition) is 4. The van der Waals surface area contributed by atoms with Gasteiger partial charge in [0.25, 0.3) is 0 Å². The van der Waals surface area contributed by atoms with Crippen molar-refractivity contribution in [1.82, 2.24) is 0 Å². The van der Waals surface area contributed by atoms with Crippen LogP contribution in [0.5, 0.6) is 11.5 Å². The maximum atomic E-state index is 13.5. The Hall–Kier alpha value is -1.98. The van der Waals surface area contributed by atoms with Crippen LogP contribution >= 0.6 is 7.82 Å². The van der Waals surface area contributed by atoms with Crippen molar-refractivity contribution in [2.45, 2.75) is 33.1 Å². The minimum absolute atomic E-state index is 0.0709. The standard InChI is InChI=1S/C18H20F3O4P/c1-17(2,3)16(18(19,20)21)25-26(22,23-14-10-6-4-7-11-14)24-15-12-8-5-9-13-15/h4-13,16H,1-3H3. The quantitative estimate of drug-likeness (QED) is 0.549. The Bertz CT molecular complexity index is 683. The predicted molar refractivity (Wildman–Crippen MR) is 92.1 cm³/mol. The van der Waals surface area contributed by atoms with Gasteiger partial charge in [-0.1, -0.05) is 57.2 Å². The van der Waals surface area contributed by atoms with Gasteiger partial charge in [0.1, 0.15) is 11.5 Å². The first-order valence-corrected chi connectivity index (χ1v) is 9.30. The van der Waals surface area contributed by atoms with Crippen LogP contribution in [-0.4, -0.2) is 12.3 Å². The van der Waals surface area contributed by atoms with Gasteiger partial charge < -0.3 is 9.05 Å². The van der Waals surface area contributed by atoms with E-state index in [1.165, 1.54) is 45.0 Å². The molecule has 0 saturated carbocycles. The lowest BCUT2D eigenvalue weighted by molar-refractivity contribution is -0.225. The Morgan fingerprint density at radius 2 is 1.19 bits per heavy atom. The molecule has 0 aromatic heterocycles. The molecule has 4 nitrogen and oxygen atoms in total. The number of rotatable bonds is 6. The summed E-state index contributed by atoms with van der Waals surface area (Å²) >= 11 is 0. The number of benzene rings is 2. The van der Waals surface area contributed by atoms with Crippen molar-refractivity contribution in [1.29, 1.82) is 0 Å². The highest BCUT2D eigenvalue weighted by Crippen LogP contribution is 2.54. The predicted octanol–water partition coefficient (Wildman–Crippen LogP) is 6.25. The largest absolute Gasteiger partial charge is 0.588 e. The molecule has 1 unspecified atom stereocenters. The van der Waals surface area contributed by atoms with Crippen LogP contribution in [0.25, 0.3) is 0 Å². The van der Waals surface area contributed by atoms with E-state index in [0.29, 0.717) is 0 Å². The molecule has 2 aromatic carbocycles. The summed E-state index contributed by atoms with van der Waals surface area (Å²) in [6, 6.07) is 15.5. The van der Waals surface area contributed by atoms with E-state index in [1.807, 2.05) is 0 Å². The van der Waals surface area contributed by atoms with Crippen LogP contribution in [0, 0.1) is 5.41 Å². The molecule has 0 saturated heterocycles. The summed E-state index contributed by atoms with van der Waals surface area (Å²) in [7, 11) is -4.63. The van der Waals surface area contributed by atoms with Gasteiger partial charge in [-0.15, -0.1) is 0 Å². The van der Waals surface area contributed by atoms with Gasteiger partial charge in [-0.05, 0) is 29.7 Å². The van der Waals surface area contributed by atoms with E-state index in [1.54, 1.807) is 36.4 Å². The Morgan fingerprint density at radius 1 is 0.808 bits per heavy atom. The Kier molecular flexibility index (Phi) is 6.04. The van der Waals surface area contributed by atoms with Crippen molar-refractivity contribution in [3.8, 4) is 11.5 Å². The summed E-state index contributed by atoms with van der Waals surface area (Å²) in [5.74, 6) is 0.142. The zero-order valence-electron chi connectivity index (χ0n) is 14.6. The normalized spacial score (nSPS) is 13.9. The molecule has 1 atom stereocenters.